The minimum atomic E-state index is 0.773. The Morgan fingerprint density at radius 3 is 2.43 bits per heavy atom. The molecule has 1 heterocycles. The average Bonchev–Trinajstić information content (AvgIpc) is 2.46. The molecule has 0 aliphatic carbocycles. The summed E-state index contributed by atoms with van der Waals surface area (Å²) in [5.41, 5.74) is 5.69. The largest absolute Gasteiger partial charge is 0.373 e. The fourth-order valence-corrected chi connectivity index (χ4v) is 2.72. The third kappa shape index (κ3) is 2.35. The molecular weight excluding hydrogens is 258 g/mol. The number of nitrogens with zero attached hydrogens (tertiary/aromatic N) is 2. The topological polar surface area (TPSA) is 37.8 Å². The van der Waals surface area contributed by atoms with E-state index in [4.69, 9.17) is 9.97 Å². The predicted molar refractivity (Wildman–Crippen MR) is 88.7 cm³/mol. The number of nitrogens with one attached hydrogen (secondary N) is 1. The molecule has 0 fully saturated rings. The first-order valence-corrected chi connectivity index (χ1v) is 7.13. The van der Waals surface area contributed by atoms with E-state index in [2.05, 4.69) is 50.4 Å². The first-order valence-electron chi connectivity index (χ1n) is 7.13. The molecule has 0 aliphatic rings. The van der Waals surface area contributed by atoms with Gasteiger partial charge in [0.05, 0.1) is 5.52 Å². The van der Waals surface area contributed by atoms with Crippen molar-refractivity contribution in [3.8, 4) is 11.4 Å². The Kier molecular flexibility index (Phi) is 3.34. The summed E-state index contributed by atoms with van der Waals surface area (Å²) in [6.07, 6.45) is 0. The van der Waals surface area contributed by atoms with E-state index in [1.54, 1.807) is 0 Å². The van der Waals surface area contributed by atoms with Crippen LogP contribution in [0, 0.1) is 20.8 Å². The molecule has 1 aromatic heterocycles. The summed E-state index contributed by atoms with van der Waals surface area (Å²) in [5, 5.41) is 4.29. The van der Waals surface area contributed by atoms with Crippen LogP contribution in [0.3, 0.4) is 0 Å². The summed E-state index contributed by atoms with van der Waals surface area (Å²) in [5.74, 6) is 1.66. The van der Waals surface area contributed by atoms with Crippen LogP contribution in [-0.4, -0.2) is 17.0 Å². The van der Waals surface area contributed by atoms with Crippen LogP contribution >= 0.6 is 0 Å². The first kappa shape index (κ1) is 13.6. The molecule has 106 valence electrons. The number of aryl methyl sites for hydroxylation is 3. The molecule has 1 N–H and O–H groups in total. The minimum absolute atomic E-state index is 0.773. The Balaban J connectivity index is 2.29. The van der Waals surface area contributed by atoms with E-state index in [0.717, 1.165) is 28.1 Å². The van der Waals surface area contributed by atoms with E-state index in [1.807, 2.05) is 19.2 Å². The maximum Gasteiger partial charge on any atom is 0.162 e. The van der Waals surface area contributed by atoms with Crippen LogP contribution in [-0.2, 0) is 0 Å². The average molecular weight is 277 g/mol. The highest BCUT2D eigenvalue weighted by Crippen LogP contribution is 2.28. The number of hydrogen-bond donors (Lipinski definition) is 1. The quantitative estimate of drug-likeness (QED) is 0.760. The van der Waals surface area contributed by atoms with Gasteiger partial charge in [-0.15, -0.1) is 0 Å². The van der Waals surface area contributed by atoms with Crippen LogP contribution in [0.25, 0.3) is 22.3 Å². The minimum Gasteiger partial charge on any atom is -0.373 e. The molecule has 3 rings (SSSR count). The standard InChI is InChI=1S/C18H19N3/c1-11-8-9-14(13(3)10-11)17-20-15-7-5-6-12(2)16(15)18(19-4)21-17/h5-10H,1-4H3,(H,19,20,21). The lowest BCUT2D eigenvalue weighted by molar-refractivity contribution is 1.19. The summed E-state index contributed by atoms with van der Waals surface area (Å²) in [6, 6.07) is 12.5. The molecule has 2 aromatic carbocycles. The maximum atomic E-state index is 4.75. The molecule has 3 nitrogen and oxygen atoms in total. The molecule has 0 radical (unpaired) electrons. The molecule has 0 bridgehead atoms. The molecule has 0 saturated carbocycles. The van der Waals surface area contributed by atoms with E-state index in [1.165, 1.54) is 16.7 Å². The van der Waals surface area contributed by atoms with E-state index < -0.39 is 0 Å². The second-order valence-corrected chi connectivity index (χ2v) is 5.43. The summed E-state index contributed by atoms with van der Waals surface area (Å²) < 4.78 is 0. The van der Waals surface area contributed by atoms with Gasteiger partial charge in [0.15, 0.2) is 5.82 Å². The van der Waals surface area contributed by atoms with Gasteiger partial charge < -0.3 is 5.32 Å². The number of anilines is 1. The van der Waals surface area contributed by atoms with Crippen molar-refractivity contribution in [3.63, 3.8) is 0 Å². The third-order valence-electron chi connectivity index (χ3n) is 3.79. The highest BCUT2D eigenvalue weighted by atomic mass is 15.0. The lowest BCUT2D eigenvalue weighted by Crippen LogP contribution is -2.00. The molecular formula is C18H19N3. The number of rotatable bonds is 2. The molecule has 0 aliphatic heterocycles. The van der Waals surface area contributed by atoms with Gasteiger partial charge >= 0.3 is 0 Å². The van der Waals surface area contributed by atoms with Gasteiger partial charge in [-0.25, -0.2) is 9.97 Å². The summed E-state index contributed by atoms with van der Waals surface area (Å²) in [7, 11) is 1.90. The van der Waals surface area contributed by atoms with Crippen molar-refractivity contribution >= 4 is 16.7 Å². The van der Waals surface area contributed by atoms with Gasteiger partial charge in [-0.2, -0.15) is 0 Å². The summed E-state index contributed by atoms with van der Waals surface area (Å²) in [4.78, 5) is 9.47. The Labute approximate surface area is 125 Å². The molecule has 0 amide bonds. The smallest absolute Gasteiger partial charge is 0.162 e. The Morgan fingerprint density at radius 1 is 0.905 bits per heavy atom. The van der Waals surface area contributed by atoms with Crippen molar-refractivity contribution in [1.29, 1.82) is 0 Å². The molecule has 3 heteroatoms. The van der Waals surface area contributed by atoms with Gasteiger partial charge in [-0.3, -0.25) is 0 Å². The van der Waals surface area contributed by atoms with Crippen molar-refractivity contribution in [1.82, 2.24) is 9.97 Å². The Morgan fingerprint density at radius 2 is 1.71 bits per heavy atom. The number of fused-ring (bicyclic) bond motifs is 1. The van der Waals surface area contributed by atoms with Crippen molar-refractivity contribution < 1.29 is 0 Å². The molecule has 0 atom stereocenters. The number of aromatic nitrogens is 2. The van der Waals surface area contributed by atoms with E-state index in [9.17, 15) is 0 Å². The normalized spacial score (nSPS) is 10.9. The lowest BCUT2D eigenvalue weighted by Gasteiger charge is -2.12. The Bertz CT molecular complexity index is 822. The molecule has 0 saturated heterocycles. The maximum absolute atomic E-state index is 4.75. The summed E-state index contributed by atoms with van der Waals surface area (Å²) in [6.45, 7) is 6.29. The van der Waals surface area contributed by atoms with E-state index >= 15 is 0 Å². The zero-order chi connectivity index (χ0) is 15.0. The second kappa shape index (κ2) is 5.17. The fraction of sp³-hybridized carbons (Fsp3) is 0.222. The molecule has 0 unspecified atom stereocenters. The zero-order valence-electron chi connectivity index (χ0n) is 12.9. The van der Waals surface area contributed by atoms with Gasteiger partial charge in [-0.05, 0) is 38.0 Å². The molecule has 3 aromatic rings. The van der Waals surface area contributed by atoms with Crippen LogP contribution in [0.4, 0.5) is 5.82 Å². The summed E-state index contributed by atoms with van der Waals surface area (Å²) >= 11 is 0. The van der Waals surface area contributed by atoms with E-state index in [-0.39, 0.29) is 0 Å². The third-order valence-corrected chi connectivity index (χ3v) is 3.79. The monoisotopic (exact) mass is 277 g/mol. The van der Waals surface area contributed by atoms with Crippen LogP contribution < -0.4 is 5.32 Å². The second-order valence-electron chi connectivity index (χ2n) is 5.43. The van der Waals surface area contributed by atoms with Gasteiger partial charge in [0.1, 0.15) is 5.82 Å². The van der Waals surface area contributed by atoms with Gasteiger partial charge in [-0.1, -0.05) is 35.9 Å². The number of benzene rings is 2. The van der Waals surface area contributed by atoms with Crippen molar-refractivity contribution in [2.75, 3.05) is 12.4 Å². The molecule has 21 heavy (non-hydrogen) atoms. The van der Waals surface area contributed by atoms with Crippen LogP contribution in [0.1, 0.15) is 16.7 Å². The van der Waals surface area contributed by atoms with Crippen molar-refractivity contribution in [2.24, 2.45) is 0 Å². The van der Waals surface area contributed by atoms with Gasteiger partial charge in [0, 0.05) is 18.0 Å². The van der Waals surface area contributed by atoms with Crippen LogP contribution in [0.2, 0.25) is 0 Å². The fourth-order valence-electron chi connectivity index (χ4n) is 2.72. The number of hydrogen-bond acceptors (Lipinski definition) is 3. The SMILES string of the molecule is CNc1nc(-c2ccc(C)cc2C)nc2cccc(C)c12. The zero-order valence-corrected chi connectivity index (χ0v) is 12.9. The first-order chi connectivity index (χ1) is 10.1. The lowest BCUT2D eigenvalue weighted by atomic mass is 10.0. The predicted octanol–water partition coefficient (Wildman–Crippen LogP) is 4.26. The molecule has 0 spiro atoms. The van der Waals surface area contributed by atoms with Gasteiger partial charge in [0.2, 0.25) is 0 Å². The van der Waals surface area contributed by atoms with Crippen LogP contribution in [0.15, 0.2) is 36.4 Å². The van der Waals surface area contributed by atoms with Crippen LogP contribution in [0.5, 0.6) is 0 Å². The van der Waals surface area contributed by atoms with Crippen molar-refractivity contribution in [2.45, 2.75) is 20.8 Å². The van der Waals surface area contributed by atoms with E-state index in [0.29, 0.717) is 0 Å². The Hall–Kier alpha value is -2.42. The highest BCUT2D eigenvalue weighted by Gasteiger charge is 2.11. The van der Waals surface area contributed by atoms with Crippen molar-refractivity contribution in [3.05, 3.63) is 53.1 Å². The highest BCUT2D eigenvalue weighted by molar-refractivity contribution is 5.93. The van der Waals surface area contributed by atoms with Gasteiger partial charge in [0.25, 0.3) is 0 Å².